The highest BCUT2D eigenvalue weighted by Gasteiger charge is 2.40. The van der Waals surface area contributed by atoms with Crippen LogP contribution in [-0.4, -0.2) is 56.7 Å². The van der Waals surface area contributed by atoms with Crippen LogP contribution < -0.4 is 5.32 Å². The quantitative estimate of drug-likeness (QED) is 0.426. The number of nitrogens with zero attached hydrogens (tertiary/aromatic N) is 1. The highest BCUT2D eigenvalue weighted by Crippen LogP contribution is 2.42. The molecular weight excluding hydrogens is 527 g/mol. The lowest BCUT2D eigenvalue weighted by atomic mass is 9.90. The number of nitrogens with one attached hydrogen (secondary N) is 1. The molecule has 0 bridgehead atoms. The molecule has 2 aromatic rings. The van der Waals surface area contributed by atoms with Crippen molar-refractivity contribution in [1.82, 2.24) is 4.90 Å². The first-order valence-corrected chi connectivity index (χ1v) is 13.2. The standard InChI is InChI=1S/C26H31Cl3N2O5/c1-16-22(13-31-12-2-3-21(31)15-33)35-24(36-23(16)18-6-4-17(14-32)5-7-18)19-8-10-20(11-9-19)30-25(34)26(27,28)29/h4-11,16,21-24,32-33H,2-3,12-15H2,1H3,(H,30,34). The zero-order valence-electron chi connectivity index (χ0n) is 19.9. The molecule has 2 aromatic carbocycles. The first kappa shape index (κ1) is 27.6. The van der Waals surface area contributed by atoms with Gasteiger partial charge in [-0.15, -0.1) is 0 Å². The maximum Gasteiger partial charge on any atom is 0.276 e. The minimum Gasteiger partial charge on any atom is -0.395 e. The Kier molecular flexibility index (Phi) is 9.18. The fourth-order valence-electron chi connectivity index (χ4n) is 4.83. The molecule has 4 rings (SSSR count). The second-order valence-corrected chi connectivity index (χ2v) is 11.7. The van der Waals surface area contributed by atoms with Gasteiger partial charge < -0.3 is 25.0 Å². The Balaban J connectivity index is 1.56. The van der Waals surface area contributed by atoms with Crippen LogP contribution in [0.2, 0.25) is 0 Å². The smallest absolute Gasteiger partial charge is 0.276 e. The van der Waals surface area contributed by atoms with Crippen molar-refractivity contribution in [3.8, 4) is 0 Å². The number of carbonyl (C=O) groups is 1. The van der Waals surface area contributed by atoms with Gasteiger partial charge in [0.1, 0.15) is 0 Å². The van der Waals surface area contributed by atoms with Crippen LogP contribution in [0.5, 0.6) is 0 Å². The molecule has 0 aromatic heterocycles. The van der Waals surface area contributed by atoms with Crippen LogP contribution in [0.15, 0.2) is 48.5 Å². The van der Waals surface area contributed by atoms with E-state index in [-0.39, 0.29) is 37.4 Å². The Bertz CT molecular complexity index is 1020. The molecule has 2 aliphatic heterocycles. The number of amides is 1. The largest absolute Gasteiger partial charge is 0.395 e. The predicted octanol–water partition coefficient (Wildman–Crippen LogP) is 4.74. The number of likely N-dealkylation sites (tertiary alicyclic amines) is 1. The third-order valence-electron chi connectivity index (χ3n) is 6.95. The summed E-state index contributed by atoms with van der Waals surface area (Å²) in [6.07, 6.45) is 1.02. The van der Waals surface area contributed by atoms with Gasteiger partial charge in [-0.3, -0.25) is 9.69 Å². The molecule has 3 N–H and O–H groups in total. The van der Waals surface area contributed by atoms with Crippen LogP contribution in [-0.2, 0) is 20.9 Å². The van der Waals surface area contributed by atoms with Gasteiger partial charge in [-0.2, -0.15) is 0 Å². The minimum atomic E-state index is -2.06. The van der Waals surface area contributed by atoms with Crippen LogP contribution in [0.25, 0.3) is 0 Å². The van der Waals surface area contributed by atoms with E-state index in [4.69, 9.17) is 44.3 Å². The first-order valence-electron chi connectivity index (χ1n) is 12.0. The number of aliphatic hydroxyl groups is 2. The molecular formula is C26H31Cl3N2O5. The number of hydrogen-bond donors (Lipinski definition) is 3. The van der Waals surface area contributed by atoms with E-state index in [1.807, 2.05) is 36.4 Å². The lowest BCUT2D eigenvalue weighted by Crippen LogP contribution is -2.46. The number of halogens is 3. The molecule has 10 heteroatoms. The van der Waals surface area contributed by atoms with Crippen molar-refractivity contribution in [2.24, 2.45) is 5.92 Å². The van der Waals surface area contributed by atoms with Gasteiger partial charge in [-0.25, -0.2) is 0 Å². The summed E-state index contributed by atoms with van der Waals surface area (Å²) < 4.78 is 10.9. The molecule has 5 atom stereocenters. The Morgan fingerprint density at radius 3 is 2.33 bits per heavy atom. The summed E-state index contributed by atoms with van der Waals surface area (Å²) in [4.78, 5) is 14.3. The van der Waals surface area contributed by atoms with Crippen molar-refractivity contribution in [2.75, 3.05) is 25.0 Å². The summed E-state index contributed by atoms with van der Waals surface area (Å²) in [6, 6.07) is 14.9. The lowest BCUT2D eigenvalue weighted by Gasteiger charge is -2.43. The number of ether oxygens (including phenoxy) is 2. The molecule has 2 heterocycles. The highest BCUT2D eigenvalue weighted by molar-refractivity contribution is 6.76. The molecule has 0 aliphatic carbocycles. The molecule has 7 nitrogen and oxygen atoms in total. The van der Waals surface area contributed by atoms with E-state index in [0.29, 0.717) is 12.2 Å². The topological polar surface area (TPSA) is 91.3 Å². The second-order valence-electron chi connectivity index (χ2n) is 9.37. The Morgan fingerprint density at radius 1 is 1.06 bits per heavy atom. The van der Waals surface area contributed by atoms with Crippen LogP contribution >= 0.6 is 34.8 Å². The van der Waals surface area contributed by atoms with Crippen molar-refractivity contribution < 1.29 is 24.5 Å². The van der Waals surface area contributed by atoms with E-state index in [0.717, 1.165) is 36.1 Å². The van der Waals surface area contributed by atoms with Gasteiger partial charge in [0.25, 0.3) is 9.70 Å². The normalized spacial score (nSPS) is 27.2. The molecule has 36 heavy (non-hydrogen) atoms. The molecule has 2 fully saturated rings. The molecule has 196 valence electrons. The molecule has 0 radical (unpaired) electrons. The number of aliphatic hydroxyl groups excluding tert-OH is 2. The van der Waals surface area contributed by atoms with Gasteiger partial charge in [0.05, 0.1) is 25.4 Å². The summed E-state index contributed by atoms with van der Waals surface area (Å²) in [6.45, 7) is 3.85. The zero-order chi connectivity index (χ0) is 25.9. The zero-order valence-corrected chi connectivity index (χ0v) is 22.2. The van der Waals surface area contributed by atoms with E-state index in [9.17, 15) is 15.0 Å². The van der Waals surface area contributed by atoms with Gasteiger partial charge in [0.2, 0.25) is 0 Å². The van der Waals surface area contributed by atoms with Crippen LogP contribution in [0, 0.1) is 5.92 Å². The van der Waals surface area contributed by atoms with Gasteiger partial charge >= 0.3 is 0 Å². The molecule has 0 saturated carbocycles. The van der Waals surface area contributed by atoms with E-state index in [1.165, 1.54) is 0 Å². The fourth-order valence-corrected chi connectivity index (χ4v) is 4.97. The predicted molar refractivity (Wildman–Crippen MR) is 140 cm³/mol. The maximum atomic E-state index is 12.0. The third kappa shape index (κ3) is 6.52. The summed E-state index contributed by atoms with van der Waals surface area (Å²) in [5.74, 6) is -0.696. The summed E-state index contributed by atoms with van der Waals surface area (Å²) in [5, 5.41) is 21.8. The third-order valence-corrected chi connectivity index (χ3v) is 7.46. The second kappa shape index (κ2) is 12.0. The summed E-state index contributed by atoms with van der Waals surface area (Å²) in [7, 11) is 0. The minimum absolute atomic E-state index is 0.0195. The maximum absolute atomic E-state index is 12.0. The van der Waals surface area contributed by atoms with Crippen molar-refractivity contribution in [1.29, 1.82) is 0 Å². The molecule has 0 spiro atoms. The SMILES string of the molecule is CC1C(CN2CCCC2CO)OC(c2ccc(NC(=O)C(Cl)(Cl)Cl)cc2)OC1c1ccc(CO)cc1. The van der Waals surface area contributed by atoms with Gasteiger partial charge in [-0.05, 0) is 42.6 Å². The van der Waals surface area contributed by atoms with Crippen molar-refractivity contribution in [3.05, 3.63) is 65.2 Å². The van der Waals surface area contributed by atoms with E-state index < -0.39 is 16.0 Å². The van der Waals surface area contributed by atoms with Gasteiger partial charge in [0, 0.05) is 29.8 Å². The molecule has 2 aliphatic rings. The molecule has 1 amide bonds. The number of rotatable bonds is 7. The van der Waals surface area contributed by atoms with E-state index >= 15 is 0 Å². The average molecular weight is 558 g/mol. The first-order chi connectivity index (χ1) is 17.2. The number of hydrogen-bond acceptors (Lipinski definition) is 6. The van der Waals surface area contributed by atoms with Gasteiger partial charge in [0.15, 0.2) is 6.29 Å². The Labute approximate surface area is 226 Å². The average Bonchev–Trinajstić information content (AvgIpc) is 3.32. The molecule has 5 unspecified atom stereocenters. The van der Waals surface area contributed by atoms with E-state index in [1.54, 1.807) is 12.1 Å². The van der Waals surface area contributed by atoms with E-state index in [2.05, 4.69) is 17.1 Å². The number of alkyl halides is 3. The fraction of sp³-hybridized carbons (Fsp3) is 0.500. The summed E-state index contributed by atoms with van der Waals surface area (Å²) >= 11 is 16.9. The van der Waals surface area contributed by atoms with Gasteiger partial charge in [-0.1, -0.05) is 78.1 Å². The van der Waals surface area contributed by atoms with Crippen molar-refractivity contribution in [3.63, 3.8) is 0 Å². The van der Waals surface area contributed by atoms with Crippen molar-refractivity contribution >= 4 is 46.4 Å². The lowest BCUT2D eigenvalue weighted by molar-refractivity contribution is -0.276. The molecule has 2 saturated heterocycles. The van der Waals surface area contributed by atoms with Crippen LogP contribution in [0.4, 0.5) is 5.69 Å². The number of carbonyl (C=O) groups excluding carboxylic acids is 1. The Hall–Kier alpha value is -1.42. The van der Waals surface area contributed by atoms with Crippen LogP contribution in [0.1, 0.15) is 48.8 Å². The number of benzene rings is 2. The highest BCUT2D eigenvalue weighted by atomic mass is 35.6. The van der Waals surface area contributed by atoms with Crippen molar-refractivity contribution in [2.45, 2.75) is 54.7 Å². The Morgan fingerprint density at radius 2 is 1.72 bits per heavy atom. The van der Waals surface area contributed by atoms with Crippen LogP contribution in [0.3, 0.4) is 0 Å². The number of anilines is 1. The monoisotopic (exact) mass is 556 g/mol. The summed E-state index contributed by atoms with van der Waals surface area (Å²) in [5.41, 5.74) is 3.11.